The normalized spacial score (nSPS) is 20.5. The van der Waals surface area contributed by atoms with Crippen molar-refractivity contribution in [2.45, 2.75) is 12.7 Å². The van der Waals surface area contributed by atoms with E-state index in [1.165, 1.54) is 24.3 Å². The van der Waals surface area contributed by atoms with Crippen LogP contribution in [-0.4, -0.2) is 16.9 Å². The molecule has 1 N–H and O–H groups in total. The highest BCUT2D eigenvalue weighted by molar-refractivity contribution is 6.31. The molecule has 0 amide bonds. The maximum Gasteiger partial charge on any atom is 0.342 e. The first-order chi connectivity index (χ1) is 11.2. The van der Waals surface area contributed by atoms with Gasteiger partial charge in [0.25, 0.3) is 0 Å². The van der Waals surface area contributed by atoms with Crippen LogP contribution >= 0.6 is 11.6 Å². The van der Waals surface area contributed by atoms with Gasteiger partial charge >= 0.3 is 5.97 Å². The standard InChI is InChI=1S/C17H10ClF3O3/c1-17(23)14(8-2-4-9(18)5-3-8)13(16(22)24-17)12-10(19)6-7-11(20)15(12)21/h2-7,23H,1H3. The van der Waals surface area contributed by atoms with Gasteiger partial charge in [0.05, 0.1) is 11.1 Å². The summed E-state index contributed by atoms with van der Waals surface area (Å²) in [5, 5.41) is 10.7. The van der Waals surface area contributed by atoms with Crippen LogP contribution in [0.1, 0.15) is 18.1 Å². The van der Waals surface area contributed by atoms with Crippen LogP contribution < -0.4 is 0 Å². The lowest BCUT2D eigenvalue weighted by Gasteiger charge is -2.20. The first kappa shape index (κ1) is 16.5. The first-order valence-corrected chi connectivity index (χ1v) is 7.20. The van der Waals surface area contributed by atoms with E-state index in [9.17, 15) is 23.1 Å². The Morgan fingerprint density at radius 3 is 2.25 bits per heavy atom. The highest BCUT2D eigenvalue weighted by atomic mass is 35.5. The van der Waals surface area contributed by atoms with Gasteiger partial charge in [-0.25, -0.2) is 18.0 Å². The van der Waals surface area contributed by atoms with E-state index in [4.69, 9.17) is 16.3 Å². The fourth-order valence-electron chi connectivity index (χ4n) is 2.63. The molecule has 7 heteroatoms. The Bertz CT molecular complexity index is 873. The van der Waals surface area contributed by atoms with Crippen molar-refractivity contribution in [2.24, 2.45) is 0 Å². The summed E-state index contributed by atoms with van der Waals surface area (Å²) >= 11 is 5.80. The quantitative estimate of drug-likeness (QED) is 0.656. The Balaban J connectivity index is 2.36. The van der Waals surface area contributed by atoms with Gasteiger partial charge in [-0.2, -0.15) is 0 Å². The Morgan fingerprint density at radius 1 is 1.04 bits per heavy atom. The van der Waals surface area contributed by atoms with Crippen molar-refractivity contribution < 1.29 is 27.8 Å². The molecule has 0 bridgehead atoms. The van der Waals surface area contributed by atoms with Gasteiger partial charge in [0.15, 0.2) is 11.6 Å². The summed E-state index contributed by atoms with van der Waals surface area (Å²) in [5.74, 6) is -7.30. The highest BCUT2D eigenvalue weighted by Crippen LogP contribution is 2.44. The summed E-state index contributed by atoms with van der Waals surface area (Å²) in [6, 6.07) is 7.14. The fraction of sp³-hybridized carbons (Fsp3) is 0.118. The molecule has 2 aromatic rings. The van der Waals surface area contributed by atoms with E-state index in [0.29, 0.717) is 17.2 Å². The number of aliphatic hydroxyl groups is 1. The summed E-state index contributed by atoms with van der Waals surface area (Å²) < 4.78 is 46.6. The first-order valence-electron chi connectivity index (χ1n) is 6.82. The van der Waals surface area contributed by atoms with Gasteiger partial charge in [0, 0.05) is 17.5 Å². The molecule has 3 nitrogen and oxygen atoms in total. The molecule has 24 heavy (non-hydrogen) atoms. The van der Waals surface area contributed by atoms with Gasteiger partial charge in [0.2, 0.25) is 5.79 Å². The van der Waals surface area contributed by atoms with Crippen molar-refractivity contribution in [1.82, 2.24) is 0 Å². The number of rotatable bonds is 2. The van der Waals surface area contributed by atoms with Crippen LogP contribution in [-0.2, 0) is 9.53 Å². The van der Waals surface area contributed by atoms with E-state index in [1.807, 2.05) is 0 Å². The molecule has 3 rings (SSSR count). The van der Waals surface area contributed by atoms with Crippen molar-refractivity contribution >= 4 is 28.7 Å². The second kappa shape index (κ2) is 5.65. The summed E-state index contributed by atoms with van der Waals surface area (Å²) in [6.07, 6.45) is 0. The Hall–Kier alpha value is -2.31. The van der Waals surface area contributed by atoms with Gasteiger partial charge in [0.1, 0.15) is 5.82 Å². The average Bonchev–Trinajstić information content (AvgIpc) is 2.74. The third-order valence-electron chi connectivity index (χ3n) is 3.64. The van der Waals surface area contributed by atoms with Crippen LogP contribution in [0.4, 0.5) is 13.2 Å². The molecular weight excluding hydrogens is 345 g/mol. The Kier molecular flexibility index (Phi) is 3.89. The topological polar surface area (TPSA) is 46.5 Å². The minimum atomic E-state index is -2.13. The van der Waals surface area contributed by atoms with Gasteiger partial charge in [-0.05, 0) is 29.8 Å². The maximum absolute atomic E-state index is 14.1. The largest absolute Gasteiger partial charge is 0.425 e. The molecule has 0 saturated heterocycles. The molecule has 0 fully saturated rings. The molecule has 1 aliphatic heterocycles. The molecule has 0 saturated carbocycles. The van der Waals surface area contributed by atoms with Crippen molar-refractivity contribution in [3.8, 4) is 0 Å². The van der Waals surface area contributed by atoms with Crippen LogP contribution in [0.5, 0.6) is 0 Å². The minimum Gasteiger partial charge on any atom is -0.425 e. The SMILES string of the molecule is CC1(O)OC(=O)C(c2c(F)ccc(F)c2F)=C1c1ccc(Cl)cc1. The van der Waals surface area contributed by atoms with Crippen LogP contribution in [0.3, 0.4) is 0 Å². The molecule has 0 aliphatic carbocycles. The smallest absolute Gasteiger partial charge is 0.342 e. The number of benzene rings is 2. The van der Waals surface area contributed by atoms with Crippen LogP contribution in [0.25, 0.3) is 11.1 Å². The van der Waals surface area contributed by atoms with Crippen molar-refractivity contribution in [3.05, 3.63) is 70.0 Å². The predicted molar refractivity (Wildman–Crippen MR) is 81.3 cm³/mol. The Labute approximate surface area is 139 Å². The molecule has 0 spiro atoms. The summed E-state index contributed by atoms with van der Waals surface area (Å²) in [6.45, 7) is 1.15. The molecule has 1 atom stereocenters. The lowest BCUT2D eigenvalue weighted by atomic mass is 9.91. The average molecular weight is 355 g/mol. The molecule has 0 aromatic heterocycles. The highest BCUT2D eigenvalue weighted by Gasteiger charge is 2.45. The van der Waals surface area contributed by atoms with Crippen LogP contribution in [0.2, 0.25) is 5.02 Å². The van der Waals surface area contributed by atoms with Gasteiger partial charge in [-0.1, -0.05) is 23.7 Å². The summed E-state index contributed by atoms with van der Waals surface area (Å²) in [5.41, 5.74) is -1.37. The second-order valence-electron chi connectivity index (χ2n) is 5.35. The molecule has 1 heterocycles. The monoisotopic (exact) mass is 354 g/mol. The molecule has 0 radical (unpaired) electrons. The van der Waals surface area contributed by atoms with Crippen LogP contribution in [0, 0.1) is 17.5 Å². The maximum atomic E-state index is 14.1. The van der Waals surface area contributed by atoms with E-state index >= 15 is 0 Å². The number of esters is 1. The van der Waals surface area contributed by atoms with E-state index in [-0.39, 0.29) is 11.1 Å². The minimum absolute atomic E-state index is 0.174. The molecule has 1 aliphatic rings. The summed E-state index contributed by atoms with van der Waals surface area (Å²) in [4.78, 5) is 12.1. The number of hydrogen-bond acceptors (Lipinski definition) is 3. The predicted octanol–water partition coefficient (Wildman–Crippen LogP) is 3.93. The lowest BCUT2D eigenvalue weighted by Crippen LogP contribution is -2.26. The third-order valence-corrected chi connectivity index (χ3v) is 3.89. The van der Waals surface area contributed by atoms with Crippen molar-refractivity contribution in [1.29, 1.82) is 0 Å². The second-order valence-corrected chi connectivity index (χ2v) is 5.78. The lowest BCUT2D eigenvalue weighted by molar-refractivity contribution is -0.169. The number of carbonyl (C=O) groups is 1. The van der Waals surface area contributed by atoms with Crippen molar-refractivity contribution in [2.75, 3.05) is 0 Å². The molecular formula is C17H10ClF3O3. The van der Waals surface area contributed by atoms with Gasteiger partial charge < -0.3 is 9.84 Å². The Morgan fingerprint density at radius 2 is 1.62 bits per heavy atom. The fourth-order valence-corrected chi connectivity index (χ4v) is 2.75. The van der Waals surface area contributed by atoms with Crippen LogP contribution in [0.15, 0.2) is 36.4 Å². The van der Waals surface area contributed by atoms with Gasteiger partial charge in [-0.15, -0.1) is 0 Å². The van der Waals surface area contributed by atoms with Gasteiger partial charge in [-0.3, -0.25) is 0 Å². The van der Waals surface area contributed by atoms with E-state index in [0.717, 1.165) is 6.92 Å². The van der Waals surface area contributed by atoms with Crippen molar-refractivity contribution in [3.63, 3.8) is 0 Å². The molecule has 1 unspecified atom stereocenters. The third kappa shape index (κ3) is 2.57. The van der Waals surface area contributed by atoms with E-state index < -0.39 is 40.3 Å². The molecule has 2 aromatic carbocycles. The number of halogens is 4. The molecule has 124 valence electrons. The summed E-state index contributed by atoms with van der Waals surface area (Å²) in [7, 11) is 0. The zero-order valence-electron chi connectivity index (χ0n) is 12.2. The number of ether oxygens (including phenoxy) is 1. The zero-order chi connectivity index (χ0) is 17.6. The number of carbonyl (C=O) groups excluding carboxylic acids is 1. The van der Waals surface area contributed by atoms with E-state index in [2.05, 4.69) is 0 Å². The van der Waals surface area contributed by atoms with E-state index in [1.54, 1.807) is 0 Å². The zero-order valence-corrected chi connectivity index (χ0v) is 13.0. The number of hydrogen-bond donors (Lipinski definition) is 1. The number of cyclic esters (lactones) is 1.